The summed E-state index contributed by atoms with van der Waals surface area (Å²) in [5.41, 5.74) is 0.247. The van der Waals surface area contributed by atoms with Crippen molar-refractivity contribution in [2.45, 2.75) is 32.5 Å². The third-order valence-electron chi connectivity index (χ3n) is 2.55. The van der Waals surface area contributed by atoms with Crippen LogP contribution in [-0.2, 0) is 6.42 Å². The molecular weight excluding hydrogens is 231 g/mol. The number of hydrogen-bond donors (Lipinski definition) is 2. The van der Waals surface area contributed by atoms with Crippen LogP contribution in [0.4, 0.5) is 4.39 Å². The second-order valence-corrected chi connectivity index (χ2v) is 4.61. The number of hydrogen-bond acceptors (Lipinski definition) is 2. The van der Waals surface area contributed by atoms with Crippen molar-refractivity contribution < 1.29 is 14.6 Å². The third kappa shape index (κ3) is 3.17. The van der Waals surface area contributed by atoms with Crippen LogP contribution in [-0.4, -0.2) is 22.4 Å². The van der Waals surface area contributed by atoms with Gasteiger partial charge in [-0.15, -0.1) is 0 Å². The van der Waals surface area contributed by atoms with Crippen LogP contribution < -0.4 is 0 Å². The van der Waals surface area contributed by atoms with E-state index in [9.17, 15) is 14.6 Å². The fraction of sp³-hybridized carbons (Fsp3) is 0.500. The molecule has 0 heterocycles. The first-order valence-electron chi connectivity index (χ1n) is 5.22. The lowest BCUT2D eigenvalue weighted by molar-refractivity contribution is -0.00767. The number of benzene rings is 1. The number of aliphatic hydroxyl groups is 2. The zero-order valence-electron chi connectivity index (χ0n) is 9.32. The summed E-state index contributed by atoms with van der Waals surface area (Å²) in [4.78, 5) is 0. The van der Waals surface area contributed by atoms with Crippen molar-refractivity contribution >= 4 is 11.6 Å². The second kappa shape index (κ2) is 5.62. The Balaban J connectivity index is 2.80. The van der Waals surface area contributed by atoms with E-state index in [1.54, 1.807) is 19.9 Å². The molecule has 0 saturated carbocycles. The molecular formula is C12H16ClFO2. The fourth-order valence-corrected chi connectivity index (χ4v) is 1.74. The van der Waals surface area contributed by atoms with E-state index in [0.29, 0.717) is 0 Å². The van der Waals surface area contributed by atoms with Crippen LogP contribution in [0.25, 0.3) is 0 Å². The molecule has 90 valence electrons. The van der Waals surface area contributed by atoms with Crippen LogP contribution in [0.1, 0.15) is 19.4 Å². The highest BCUT2D eigenvalue weighted by molar-refractivity contribution is 6.31. The zero-order valence-corrected chi connectivity index (χ0v) is 10.1. The minimum absolute atomic E-state index is 0.0187. The molecule has 0 aliphatic heterocycles. The summed E-state index contributed by atoms with van der Waals surface area (Å²) < 4.78 is 13.4. The van der Waals surface area contributed by atoms with E-state index in [-0.39, 0.29) is 22.9 Å². The standard InChI is InChI=1S/C12H16ClFO2/c1-7(2)12(16)11(15)6-8-9(13)4-3-5-10(8)14/h3-5,7,11-12,15-16H,6H2,1-2H3. The summed E-state index contributed by atoms with van der Waals surface area (Å²) in [7, 11) is 0. The molecule has 2 atom stereocenters. The van der Waals surface area contributed by atoms with E-state index in [1.807, 2.05) is 0 Å². The lowest BCUT2D eigenvalue weighted by Crippen LogP contribution is -2.32. The van der Waals surface area contributed by atoms with E-state index in [4.69, 9.17) is 11.6 Å². The molecule has 0 saturated heterocycles. The van der Waals surface area contributed by atoms with E-state index in [1.165, 1.54) is 12.1 Å². The van der Waals surface area contributed by atoms with Crippen molar-refractivity contribution in [3.8, 4) is 0 Å². The van der Waals surface area contributed by atoms with Crippen molar-refractivity contribution in [2.24, 2.45) is 5.92 Å². The quantitative estimate of drug-likeness (QED) is 0.857. The molecule has 0 fully saturated rings. The Kier molecular flexibility index (Phi) is 4.71. The topological polar surface area (TPSA) is 40.5 Å². The first-order chi connectivity index (χ1) is 7.43. The lowest BCUT2D eigenvalue weighted by atomic mass is 9.96. The second-order valence-electron chi connectivity index (χ2n) is 4.21. The Morgan fingerprint density at radius 3 is 2.44 bits per heavy atom. The average Bonchev–Trinajstić information content (AvgIpc) is 2.22. The molecule has 2 nitrogen and oxygen atoms in total. The SMILES string of the molecule is CC(C)C(O)C(O)Cc1c(F)cccc1Cl. The molecule has 2 unspecified atom stereocenters. The van der Waals surface area contributed by atoms with Gasteiger partial charge in [0, 0.05) is 17.0 Å². The maximum Gasteiger partial charge on any atom is 0.127 e. The van der Waals surface area contributed by atoms with Crippen LogP contribution in [0.3, 0.4) is 0 Å². The van der Waals surface area contributed by atoms with E-state index in [0.717, 1.165) is 0 Å². The van der Waals surface area contributed by atoms with Gasteiger partial charge in [-0.25, -0.2) is 4.39 Å². The maximum absolute atomic E-state index is 13.4. The van der Waals surface area contributed by atoms with Crippen molar-refractivity contribution in [1.29, 1.82) is 0 Å². The molecule has 0 amide bonds. The minimum Gasteiger partial charge on any atom is -0.390 e. The van der Waals surface area contributed by atoms with Crippen molar-refractivity contribution in [2.75, 3.05) is 0 Å². The van der Waals surface area contributed by atoms with Crippen molar-refractivity contribution in [3.05, 3.63) is 34.6 Å². The molecule has 0 aliphatic rings. The smallest absolute Gasteiger partial charge is 0.127 e. The van der Waals surface area contributed by atoms with E-state index in [2.05, 4.69) is 0 Å². The van der Waals surface area contributed by atoms with Gasteiger partial charge < -0.3 is 10.2 Å². The number of halogens is 2. The van der Waals surface area contributed by atoms with Gasteiger partial charge in [0.2, 0.25) is 0 Å². The highest BCUT2D eigenvalue weighted by Crippen LogP contribution is 2.22. The highest BCUT2D eigenvalue weighted by atomic mass is 35.5. The van der Waals surface area contributed by atoms with Crippen LogP contribution in [0.5, 0.6) is 0 Å². The predicted octanol–water partition coefficient (Wildman–Crippen LogP) is 2.40. The molecule has 16 heavy (non-hydrogen) atoms. The largest absolute Gasteiger partial charge is 0.390 e. The predicted molar refractivity (Wildman–Crippen MR) is 62.0 cm³/mol. The summed E-state index contributed by atoms with van der Waals surface area (Å²) in [6.07, 6.45) is -1.87. The summed E-state index contributed by atoms with van der Waals surface area (Å²) in [6.45, 7) is 3.58. The molecule has 0 radical (unpaired) electrons. The number of rotatable bonds is 4. The van der Waals surface area contributed by atoms with Gasteiger partial charge in [-0.1, -0.05) is 31.5 Å². The summed E-state index contributed by atoms with van der Waals surface area (Å²) >= 11 is 5.83. The van der Waals surface area contributed by atoms with Gasteiger partial charge in [-0.2, -0.15) is 0 Å². The normalized spacial score (nSPS) is 15.2. The lowest BCUT2D eigenvalue weighted by Gasteiger charge is -2.21. The summed E-state index contributed by atoms with van der Waals surface area (Å²) in [6, 6.07) is 4.36. The Morgan fingerprint density at radius 1 is 1.31 bits per heavy atom. The van der Waals surface area contributed by atoms with Crippen LogP contribution in [0, 0.1) is 11.7 Å². The van der Waals surface area contributed by atoms with Crippen LogP contribution in [0.2, 0.25) is 5.02 Å². The van der Waals surface area contributed by atoms with Gasteiger partial charge >= 0.3 is 0 Å². The molecule has 0 aliphatic carbocycles. The summed E-state index contributed by atoms with van der Waals surface area (Å²) in [5, 5.41) is 19.6. The number of aliphatic hydroxyl groups excluding tert-OH is 2. The van der Waals surface area contributed by atoms with Crippen LogP contribution in [0.15, 0.2) is 18.2 Å². The van der Waals surface area contributed by atoms with Gasteiger partial charge in [0.15, 0.2) is 0 Å². The molecule has 0 bridgehead atoms. The monoisotopic (exact) mass is 246 g/mol. The highest BCUT2D eigenvalue weighted by Gasteiger charge is 2.22. The molecule has 0 aromatic heterocycles. The molecule has 2 N–H and O–H groups in total. The molecule has 0 spiro atoms. The third-order valence-corrected chi connectivity index (χ3v) is 2.91. The molecule has 1 aromatic carbocycles. The van der Waals surface area contributed by atoms with Crippen molar-refractivity contribution in [1.82, 2.24) is 0 Å². The van der Waals surface area contributed by atoms with Gasteiger partial charge in [0.25, 0.3) is 0 Å². The first-order valence-corrected chi connectivity index (χ1v) is 5.60. The van der Waals surface area contributed by atoms with Gasteiger partial charge in [-0.3, -0.25) is 0 Å². The molecule has 1 rings (SSSR count). The molecule has 4 heteroatoms. The minimum atomic E-state index is -1.01. The Hall–Kier alpha value is -0.640. The fourth-order valence-electron chi connectivity index (χ4n) is 1.50. The van der Waals surface area contributed by atoms with Crippen LogP contribution >= 0.6 is 11.6 Å². The Labute approximate surface area is 99.7 Å². The average molecular weight is 247 g/mol. The van der Waals surface area contributed by atoms with Gasteiger partial charge in [-0.05, 0) is 18.1 Å². The maximum atomic E-state index is 13.4. The zero-order chi connectivity index (χ0) is 12.3. The van der Waals surface area contributed by atoms with E-state index < -0.39 is 18.0 Å². The first kappa shape index (κ1) is 13.4. The van der Waals surface area contributed by atoms with Gasteiger partial charge in [0.1, 0.15) is 5.82 Å². The Morgan fingerprint density at radius 2 is 1.94 bits per heavy atom. The molecule has 1 aromatic rings. The van der Waals surface area contributed by atoms with Gasteiger partial charge in [0.05, 0.1) is 12.2 Å². The summed E-state index contributed by atoms with van der Waals surface area (Å²) in [5.74, 6) is -0.539. The Bertz CT molecular complexity index is 335. The van der Waals surface area contributed by atoms with Crippen molar-refractivity contribution in [3.63, 3.8) is 0 Å². The van der Waals surface area contributed by atoms with E-state index >= 15 is 0 Å².